The summed E-state index contributed by atoms with van der Waals surface area (Å²) in [6.07, 6.45) is 4.46. The topological polar surface area (TPSA) is 35.2 Å². The van der Waals surface area contributed by atoms with Crippen molar-refractivity contribution in [2.75, 3.05) is 7.11 Å². The third-order valence-corrected chi connectivity index (χ3v) is 4.25. The number of halogens is 1. The molecule has 1 saturated carbocycles. The van der Waals surface area contributed by atoms with Crippen molar-refractivity contribution in [2.45, 2.75) is 45.1 Å². The Labute approximate surface area is 108 Å². The summed E-state index contributed by atoms with van der Waals surface area (Å²) >= 11 is 6.20. The zero-order valence-corrected chi connectivity index (χ0v) is 11.5. The average molecular weight is 254 g/mol. The minimum atomic E-state index is -0.231. The van der Waals surface area contributed by atoms with E-state index in [-0.39, 0.29) is 5.54 Å². The molecule has 0 aliphatic heterocycles. The van der Waals surface area contributed by atoms with E-state index in [1.807, 2.05) is 13.0 Å². The fraction of sp³-hybridized carbons (Fsp3) is 0.571. The lowest BCUT2D eigenvalue weighted by Crippen LogP contribution is -2.34. The maximum atomic E-state index is 6.55. The largest absolute Gasteiger partial charge is 0.496 e. The lowest BCUT2D eigenvalue weighted by Gasteiger charge is -2.29. The minimum absolute atomic E-state index is 0.231. The van der Waals surface area contributed by atoms with Crippen LogP contribution in [0.4, 0.5) is 0 Å². The molecule has 0 atom stereocenters. The molecule has 94 valence electrons. The molecule has 1 fully saturated rings. The van der Waals surface area contributed by atoms with E-state index in [4.69, 9.17) is 22.1 Å². The molecule has 2 N–H and O–H groups in total. The highest BCUT2D eigenvalue weighted by Gasteiger charge is 2.36. The number of methoxy groups -OCH3 is 1. The first-order chi connectivity index (χ1) is 7.99. The number of aryl methyl sites for hydroxylation is 1. The SMILES string of the molecule is COc1c(C)c(Cl)cc(C)c1C1(N)CCCC1. The third kappa shape index (κ3) is 2.04. The van der Waals surface area contributed by atoms with Gasteiger partial charge in [0.25, 0.3) is 0 Å². The van der Waals surface area contributed by atoms with E-state index in [2.05, 4.69) is 6.92 Å². The maximum absolute atomic E-state index is 6.55. The van der Waals surface area contributed by atoms with Crippen LogP contribution in [0.3, 0.4) is 0 Å². The molecule has 0 heterocycles. The van der Waals surface area contributed by atoms with Crippen molar-refractivity contribution in [1.82, 2.24) is 0 Å². The van der Waals surface area contributed by atoms with Crippen molar-refractivity contribution < 1.29 is 4.74 Å². The van der Waals surface area contributed by atoms with Gasteiger partial charge < -0.3 is 10.5 Å². The molecule has 2 rings (SSSR count). The van der Waals surface area contributed by atoms with Crippen molar-refractivity contribution in [3.05, 3.63) is 27.8 Å². The van der Waals surface area contributed by atoms with Gasteiger partial charge in [-0.05, 0) is 38.3 Å². The summed E-state index contributed by atoms with van der Waals surface area (Å²) in [5, 5.41) is 0.754. The molecule has 1 aromatic carbocycles. The molecule has 0 unspecified atom stereocenters. The lowest BCUT2D eigenvalue weighted by molar-refractivity contribution is 0.375. The quantitative estimate of drug-likeness (QED) is 0.872. The van der Waals surface area contributed by atoms with Gasteiger partial charge in [0.1, 0.15) is 5.75 Å². The molecule has 1 aliphatic carbocycles. The standard InChI is InChI=1S/C14H20ClNO/c1-9-8-11(15)10(2)13(17-3)12(9)14(16)6-4-5-7-14/h8H,4-7,16H2,1-3H3. The normalized spacial score (nSPS) is 18.4. The van der Waals surface area contributed by atoms with Crippen LogP contribution in [0.2, 0.25) is 5.02 Å². The molecule has 3 heteroatoms. The second-order valence-electron chi connectivity index (χ2n) is 5.07. The van der Waals surface area contributed by atoms with Gasteiger partial charge in [-0.25, -0.2) is 0 Å². The van der Waals surface area contributed by atoms with Crippen molar-refractivity contribution >= 4 is 11.6 Å². The molecule has 0 radical (unpaired) electrons. The highest BCUT2D eigenvalue weighted by atomic mass is 35.5. The van der Waals surface area contributed by atoms with Crippen molar-refractivity contribution in [1.29, 1.82) is 0 Å². The molecular weight excluding hydrogens is 234 g/mol. The van der Waals surface area contributed by atoms with E-state index in [9.17, 15) is 0 Å². The van der Waals surface area contributed by atoms with Crippen LogP contribution in [0, 0.1) is 13.8 Å². The Hall–Kier alpha value is -0.730. The lowest BCUT2D eigenvalue weighted by atomic mass is 9.84. The Kier molecular flexibility index (Phi) is 3.37. The van der Waals surface area contributed by atoms with Gasteiger partial charge in [0.2, 0.25) is 0 Å². The summed E-state index contributed by atoms with van der Waals surface area (Å²) in [5.41, 5.74) is 9.61. The van der Waals surface area contributed by atoms with Gasteiger partial charge in [0.15, 0.2) is 0 Å². The van der Waals surface area contributed by atoms with E-state index < -0.39 is 0 Å². The van der Waals surface area contributed by atoms with Gasteiger partial charge in [0, 0.05) is 21.7 Å². The first-order valence-electron chi connectivity index (χ1n) is 6.12. The summed E-state index contributed by atoms with van der Waals surface area (Å²) in [6.45, 7) is 4.05. The Morgan fingerprint density at radius 2 is 1.88 bits per heavy atom. The van der Waals surface area contributed by atoms with Gasteiger partial charge >= 0.3 is 0 Å². The predicted octanol–water partition coefficient (Wildman–Crippen LogP) is 3.69. The van der Waals surface area contributed by atoms with E-state index in [1.54, 1.807) is 7.11 Å². The molecular formula is C14H20ClNO. The second-order valence-corrected chi connectivity index (χ2v) is 5.48. The van der Waals surface area contributed by atoms with E-state index in [1.165, 1.54) is 12.8 Å². The Bertz CT molecular complexity index is 436. The smallest absolute Gasteiger partial charge is 0.128 e. The molecule has 0 aromatic heterocycles. The Morgan fingerprint density at radius 3 is 2.41 bits per heavy atom. The summed E-state index contributed by atoms with van der Waals surface area (Å²) in [7, 11) is 1.69. The van der Waals surface area contributed by atoms with Crippen LogP contribution in [-0.2, 0) is 5.54 Å². The fourth-order valence-electron chi connectivity index (χ4n) is 2.98. The van der Waals surface area contributed by atoms with Crippen LogP contribution in [0.5, 0.6) is 5.75 Å². The van der Waals surface area contributed by atoms with Gasteiger partial charge in [-0.1, -0.05) is 24.4 Å². The van der Waals surface area contributed by atoms with Gasteiger partial charge in [-0.3, -0.25) is 0 Å². The molecule has 17 heavy (non-hydrogen) atoms. The predicted molar refractivity (Wildman–Crippen MR) is 71.8 cm³/mol. The number of ether oxygens (including phenoxy) is 1. The number of benzene rings is 1. The van der Waals surface area contributed by atoms with Crippen LogP contribution < -0.4 is 10.5 Å². The summed E-state index contributed by atoms with van der Waals surface area (Å²) < 4.78 is 5.55. The first kappa shape index (κ1) is 12.7. The average Bonchev–Trinajstić information content (AvgIpc) is 2.70. The monoisotopic (exact) mass is 253 g/mol. The zero-order valence-electron chi connectivity index (χ0n) is 10.8. The van der Waals surface area contributed by atoms with E-state index in [0.29, 0.717) is 0 Å². The van der Waals surface area contributed by atoms with E-state index >= 15 is 0 Å². The number of hydrogen-bond donors (Lipinski definition) is 1. The van der Waals surface area contributed by atoms with E-state index in [0.717, 1.165) is 40.3 Å². The highest BCUT2D eigenvalue weighted by molar-refractivity contribution is 6.31. The number of nitrogens with two attached hydrogens (primary N) is 1. The van der Waals surface area contributed by atoms with Crippen LogP contribution in [0.1, 0.15) is 42.4 Å². The molecule has 1 aromatic rings. The van der Waals surface area contributed by atoms with Crippen LogP contribution in [-0.4, -0.2) is 7.11 Å². The Balaban J connectivity index is 2.63. The fourth-order valence-corrected chi connectivity index (χ4v) is 3.22. The zero-order chi connectivity index (χ0) is 12.6. The van der Waals surface area contributed by atoms with Crippen molar-refractivity contribution in [2.24, 2.45) is 5.73 Å². The summed E-state index contributed by atoms with van der Waals surface area (Å²) in [6, 6.07) is 2.00. The van der Waals surface area contributed by atoms with Crippen molar-refractivity contribution in [3.63, 3.8) is 0 Å². The molecule has 1 aliphatic rings. The number of hydrogen-bond acceptors (Lipinski definition) is 2. The summed E-state index contributed by atoms with van der Waals surface area (Å²) in [5.74, 6) is 0.874. The second kappa shape index (κ2) is 4.51. The van der Waals surface area contributed by atoms with Crippen LogP contribution in [0.25, 0.3) is 0 Å². The minimum Gasteiger partial charge on any atom is -0.496 e. The first-order valence-corrected chi connectivity index (χ1v) is 6.50. The molecule has 0 spiro atoms. The molecule has 0 amide bonds. The van der Waals surface area contributed by atoms with Gasteiger partial charge in [0.05, 0.1) is 7.11 Å². The van der Waals surface area contributed by atoms with Gasteiger partial charge in [-0.15, -0.1) is 0 Å². The van der Waals surface area contributed by atoms with Crippen LogP contribution >= 0.6 is 11.6 Å². The van der Waals surface area contributed by atoms with Gasteiger partial charge in [-0.2, -0.15) is 0 Å². The molecule has 2 nitrogen and oxygen atoms in total. The van der Waals surface area contributed by atoms with Crippen molar-refractivity contribution in [3.8, 4) is 5.75 Å². The summed E-state index contributed by atoms with van der Waals surface area (Å²) in [4.78, 5) is 0. The third-order valence-electron chi connectivity index (χ3n) is 3.86. The Morgan fingerprint density at radius 1 is 1.29 bits per heavy atom. The highest BCUT2D eigenvalue weighted by Crippen LogP contribution is 2.45. The molecule has 0 saturated heterocycles. The maximum Gasteiger partial charge on any atom is 0.128 e. The molecule has 0 bridgehead atoms. The van der Waals surface area contributed by atoms with Crippen LogP contribution in [0.15, 0.2) is 6.07 Å². The number of rotatable bonds is 2.